The molecule has 1 rings (SSSR count). The molecule has 0 saturated carbocycles. The van der Waals surface area contributed by atoms with Gasteiger partial charge < -0.3 is 20.5 Å². The maximum Gasteiger partial charge on any atom is 0.250 e. The first-order valence-electron chi connectivity index (χ1n) is 6.69. The van der Waals surface area contributed by atoms with Crippen molar-refractivity contribution in [2.24, 2.45) is 5.73 Å². The van der Waals surface area contributed by atoms with Crippen LogP contribution in [0, 0.1) is 0 Å². The molecule has 0 radical (unpaired) electrons. The van der Waals surface area contributed by atoms with E-state index in [9.17, 15) is 4.79 Å². The van der Waals surface area contributed by atoms with Crippen LogP contribution in [0.2, 0.25) is 0 Å². The van der Waals surface area contributed by atoms with Crippen LogP contribution in [0.5, 0.6) is 0 Å². The third-order valence-electron chi connectivity index (χ3n) is 2.45. The van der Waals surface area contributed by atoms with Crippen LogP contribution >= 0.6 is 12.2 Å². The van der Waals surface area contributed by atoms with Crippen LogP contribution in [0.25, 0.3) is 0 Å². The average Bonchev–Trinajstić information content (AvgIpc) is 2.37. The molecule has 0 spiro atoms. The Morgan fingerprint density at radius 1 is 1.24 bits per heavy atom. The maximum absolute atomic E-state index is 11.7. The van der Waals surface area contributed by atoms with E-state index in [0.29, 0.717) is 23.9 Å². The largest absolute Gasteiger partial charge is 0.389 e. The molecular formula is C15H22N2O3S. The van der Waals surface area contributed by atoms with E-state index < -0.39 is 0 Å². The molecular weight excluding hydrogens is 288 g/mol. The predicted octanol–water partition coefficient (Wildman–Crippen LogP) is 2.09. The Kier molecular flexibility index (Phi) is 6.74. The van der Waals surface area contributed by atoms with Crippen molar-refractivity contribution in [1.82, 2.24) is 0 Å². The number of benzene rings is 1. The number of hydrogen-bond donors (Lipinski definition) is 2. The van der Waals surface area contributed by atoms with Gasteiger partial charge in [-0.3, -0.25) is 4.79 Å². The first-order valence-corrected chi connectivity index (χ1v) is 7.10. The van der Waals surface area contributed by atoms with E-state index in [-0.39, 0.29) is 18.1 Å². The number of amides is 1. The van der Waals surface area contributed by atoms with E-state index in [1.807, 2.05) is 20.8 Å². The minimum atomic E-state index is -0.214. The van der Waals surface area contributed by atoms with Crippen LogP contribution in [0.15, 0.2) is 24.3 Å². The SMILES string of the molecule is CC(C)(C)OCCOCC(=O)Nc1ccc(C(N)=S)cc1. The van der Waals surface area contributed by atoms with Gasteiger partial charge in [-0.1, -0.05) is 12.2 Å². The van der Waals surface area contributed by atoms with E-state index in [1.165, 1.54) is 0 Å². The van der Waals surface area contributed by atoms with Crippen molar-refractivity contribution in [2.45, 2.75) is 26.4 Å². The Morgan fingerprint density at radius 3 is 2.38 bits per heavy atom. The fourth-order valence-corrected chi connectivity index (χ4v) is 1.62. The van der Waals surface area contributed by atoms with Gasteiger partial charge in [0.2, 0.25) is 5.91 Å². The summed E-state index contributed by atoms with van der Waals surface area (Å²) in [5.74, 6) is -0.214. The minimum absolute atomic E-state index is 0.00937. The summed E-state index contributed by atoms with van der Waals surface area (Å²) in [4.78, 5) is 12.0. The van der Waals surface area contributed by atoms with Gasteiger partial charge in [-0.25, -0.2) is 0 Å². The van der Waals surface area contributed by atoms with Crippen LogP contribution in [0.1, 0.15) is 26.3 Å². The van der Waals surface area contributed by atoms with Gasteiger partial charge >= 0.3 is 0 Å². The third-order valence-corrected chi connectivity index (χ3v) is 2.68. The molecule has 0 atom stereocenters. The Balaban J connectivity index is 2.26. The molecule has 1 aromatic rings. The van der Waals surface area contributed by atoms with Crippen molar-refractivity contribution >= 4 is 28.8 Å². The van der Waals surface area contributed by atoms with Gasteiger partial charge in [0.1, 0.15) is 11.6 Å². The summed E-state index contributed by atoms with van der Waals surface area (Å²) < 4.78 is 10.7. The highest BCUT2D eigenvalue weighted by atomic mass is 32.1. The summed E-state index contributed by atoms with van der Waals surface area (Å²) in [6.45, 7) is 6.73. The summed E-state index contributed by atoms with van der Waals surface area (Å²) in [6, 6.07) is 7.01. The van der Waals surface area contributed by atoms with Crippen LogP contribution in [-0.2, 0) is 14.3 Å². The van der Waals surface area contributed by atoms with Gasteiger partial charge in [0, 0.05) is 11.3 Å². The number of carbonyl (C=O) groups excluding carboxylic acids is 1. The quantitative estimate of drug-likeness (QED) is 0.596. The number of hydrogen-bond acceptors (Lipinski definition) is 4. The summed E-state index contributed by atoms with van der Waals surface area (Å²) in [5.41, 5.74) is 6.74. The lowest BCUT2D eigenvalue weighted by Crippen LogP contribution is -2.24. The standard InChI is InChI=1S/C15H22N2O3S/c1-15(2,3)20-9-8-19-10-13(18)17-12-6-4-11(5-7-12)14(16)21/h4-7H,8-10H2,1-3H3,(H2,16,21)(H,17,18). The topological polar surface area (TPSA) is 73.6 Å². The summed E-state index contributed by atoms with van der Waals surface area (Å²) >= 11 is 4.86. The second-order valence-corrected chi connectivity index (χ2v) is 5.94. The van der Waals surface area contributed by atoms with Crippen LogP contribution < -0.4 is 11.1 Å². The molecule has 116 valence electrons. The van der Waals surface area contributed by atoms with Crippen molar-refractivity contribution in [1.29, 1.82) is 0 Å². The molecule has 0 bridgehead atoms. The zero-order valence-electron chi connectivity index (χ0n) is 12.6. The summed E-state index contributed by atoms with van der Waals surface area (Å²) in [5, 5.41) is 2.73. The molecule has 1 aromatic carbocycles. The molecule has 0 saturated heterocycles. The molecule has 6 heteroatoms. The van der Waals surface area contributed by atoms with Crippen LogP contribution in [-0.4, -0.2) is 36.3 Å². The van der Waals surface area contributed by atoms with Crippen molar-refractivity contribution < 1.29 is 14.3 Å². The number of anilines is 1. The number of nitrogens with one attached hydrogen (secondary N) is 1. The Bertz CT molecular complexity index is 481. The molecule has 0 fully saturated rings. The molecule has 5 nitrogen and oxygen atoms in total. The minimum Gasteiger partial charge on any atom is -0.389 e. The summed E-state index contributed by atoms with van der Waals surface area (Å²) in [6.07, 6.45) is 0. The van der Waals surface area contributed by atoms with Crippen molar-refractivity contribution in [3.05, 3.63) is 29.8 Å². The van der Waals surface area contributed by atoms with E-state index >= 15 is 0 Å². The zero-order chi connectivity index (χ0) is 15.9. The number of carbonyl (C=O) groups is 1. The number of thiocarbonyl (C=S) groups is 1. The second kappa shape index (κ2) is 8.07. The Labute approximate surface area is 130 Å². The monoisotopic (exact) mass is 310 g/mol. The van der Waals surface area contributed by atoms with Crippen LogP contribution in [0.4, 0.5) is 5.69 Å². The lowest BCUT2D eigenvalue weighted by molar-refractivity contribution is -0.121. The molecule has 0 heterocycles. The highest BCUT2D eigenvalue weighted by Crippen LogP contribution is 2.09. The lowest BCUT2D eigenvalue weighted by Gasteiger charge is -2.19. The van der Waals surface area contributed by atoms with E-state index in [2.05, 4.69) is 5.32 Å². The van der Waals surface area contributed by atoms with Crippen molar-refractivity contribution in [2.75, 3.05) is 25.1 Å². The molecule has 0 aromatic heterocycles. The summed E-state index contributed by atoms with van der Waals surface area (Å²) in [7, 11) is 0. The molecule has 3 N–H and O–H groups in total. The number of nitrogens with two attached hydrogens (primary N) is 1. The molecule has 0 aliphatic heterocycles. The van der Waals surface area contributed by atoms with Crippen molar-refractivity contribution in [3.63, 3.8) is 0 Å². The predicted molar refractivity (Wildman–Crippen MR) is 87.5 cm³/mol. The van der Waals surface area contributed by atoms with Gasteiger partial charge in [0.05, 0.1) is 18.8 Å². The molecule has 1 amide bonds. The van der Waals surface area contributed by atoms with Gasteiger partial charge in [0.25, 0.3) is 0 Å². The maximum atomic E-state index is 11.7. The molecule has 21 heavy (non-hydrogen) atoms. The van der Waals surface area contributed by atoms with Crippen molar-refractivity contribution in [3.8, 4) is 0 Å². The number of rotatable bonds is 7. The first-order chi connectivity index (χ1) is 9.78. The van der Waals surface area contributed by atoms with E-state index in [1.54, 1.807) is 24.3 Å². The molecule has 0 aliphatic rings. The zero-order valence-corrected chi connectivity index (χ0v) is 13.5. The van der Waals surface area contributed by atoms with Gasteiger partial charge in [-0.15, -0.1) is 0 Å². The molecule has 0 aliphatic carbocycles. The second-order valence-electron chi connectivity index (χ2n) is 5.50. The van der Waals surface area contributed by atoms with E-state index in [0.717, 1.165) is 5.56 Å². The fraction of sp³-hybridized carbons (Fsp3) is 0.467. The highest BCUT2D eigenvalue weighted by Gasteiger charge is 2.09. The Morgan fingerprint density at radius 2 is 1.86 bits per heavy atom. The number of ether oxygens (including phenoxy) is 2. The Hall–Kier alpha value is -1.50. The lowest BCUT2D eigenvalue weighted by atomic mass is 10.2. The molecule has 0 unspecified atom stereocenters. The first kappa shape index (κ1) is 17.6. The average molecular weight is 310 g/mol. The van der Waals surface area contributed by atoms with Crippen LogP contribution in [0.3, 0.4) is 0 Å². The van der Waals surface area contributed by atoms with Gasteiger partial charge in [-0.2, -0.15) is 0 Å². The highest BCUT2D eigenvalue weighted by molar-refractivity contribution is 7.80. The third kappa shape index (κ3) is 7.75. The van der Waals surface area contributed by atoms with Gasteiger partial charge in [-0.05, 0) is 45.0 Å². The van der Waals surface area contributed by atoms with Gasteiger partial charge in [0.15, 0.2) is 0 Å². The normalized spacial score (nSPS) is 11.2. The fourth-order valence-electron chi connectivity index (χ4n) is 1.49. The van der Waals surface area contributed by atoms with E-state index in [4.69, 9.17) is 27.4 Å². The smallest absolute Gasteiger partial charge is 0.250 e.